The highest BCUT2D eigenvalue weighted by molar-refractivity contribution is 7.15. The van der Waals surface area contributed by atoms with Crippen molar-refractivity contribution in [1.29, 1.82) is 0 Å². The lowest BCUT2D eigenvalue weighted by Crippen LogP contribution is -2.39. The highest BCUT2D eigenvalue weighted by Crippen LogP contribution is 2.39. The molecule has 4 heteroatoms. The Bertz CT molecular complexity index is 943. The number of ether oxygens (including phenoxy) is 1. The van der Waals surface area contributed by atoms with Crippen molar-refractivity contribution in [1.82, 2.24) is 4.98 Å². The molecule has 3 aromatic rings. The van der Waals surface area contributed by atoms with E-state index in [4.69, 9.17) is 9.72 Å². The topological polar surface area (TPSA) is 34.2 Å². The van der Waals surface area contributed by atoms with Crippen LogP contribution in [-0.2, 0) is 0 Å². The van der Waals surface area contributed by atoms with Gasteiger partial charge in [0.25, 0.3) is 0 Å². The van der Waals surface area contributed by atoms with Gasteiger partial charge < -0.3 is 10.1 Å². The molecular weight excluding hydrogens is 328 g/mol. The van der Waals surface area contributed by atoms with E-state index in [9.17, 15) is 0 Å². The first-order valence-electron chi connectivity index (χ1n) is 8.54. The van der Waals surface area contributed by atoms with Gasteiger partial charge in [-0.15, -0.1) is 11.3 Å². The zero-order chi connectivity index (χ0) is 17.6. The SMILES string of the molecule is Cc1ccccc1-c1nc(-c2ccc3c(c2)NCC(C)(C)O3)c(C)s1. The maximum absolute atomic E-state index is 6.05. The van der Waals surface area contributed by atoms with Crippen molar-refractivity contribution in [3.63, 3.8) is 0 Å². The van der Waals surface area contributed by atoms with Crippen LogP contribution in [0.4, 0.5) is 5.69 Å². The third-order valence-electron chi connectivity index (χ3n) is 4.52. The van der Waals surface area contributed by atoms with Gasteiger partial charge in [-0.3, -0.25) is 0 Å². The van der Waals surface area contributed by atoms with Crippen molar-refractivity contribution in [2.24, 2.45) is 0 Å². The van der Waals surface area contributed by atoms with Crippen LogP contribution in [0.25, 0.3) is 21.8 Å². The van der Waals surface area contributed by atoms with Gasteiger partial charge >= 0.3 is 0 Å². The normalized spacial score (nSPS) is 15.2. The van der Waals surface area contributed by atoms with Crippen LogP contribution in [0.3, 0.4) is 0 Å². The molecule has 0 saturated heterocycles. The van der Waals surface area contributed by atoms with Gasteiger partial charge in [0.2, 0.25) is 0 Å². The fourth-order valence-corrected chi connectivity index (χ4v) is 4.16. The minimum Gasteiger partial charge on any atom is -0.484 e. The van der Waals surface area contributed by atoms with Crippen LogP contribution in [0.1, 0.15) is 24.3 Å². The lowest BCUT2D eigenvalue weighted by atomic mass is 10.0. The Hall–Kier alpha value is -2.33. The zero-order valence-electron chi connectivity index (χ0n) is 15.0. The molecule has 0 aliphatic carbocycles. The van der Waals surface area contributed by atoms with E-state index < -0.39 is 0 Å². The molecule has 4 rings (SSSR count). The highest BCUT2D eigenvalue weighted by atomic mass is 32.1. The molecule has 0 unspecified atom stereocenters. The molecular formula is C21H22N2OS. The first-order chi connectivity index (χ1) is 11.9. The molecule has 25 heavy (non-hydrogen) atoms. The summed E-state index contributed by atoms with van der Waals surface area (Å²) < 4.78 is 6.05. The summed E-state index contributed by atoms with van der Waals surface area (Å²) in [5, 5.41) is 4.56. The number of hydrogen-bond acceptors (Lipinski definition) is 4. The van der Waals surface area contributed by atoms with E-state index in [-0.39, 0.29) is 5.60 Å². The number of fused-ring (bicyclic) bond motifs is 1. The van der Waals surface area contributed by atoms with Crippen molar-refractivity contribution in [2.45, 2.75) is 33.3 Å². The van der Waals surface area contributed by atoms with Gasteiger partial charge in [0.1, 0.15) is 16.4 Å². The lowest BCUT2D eigenvalue weighted by Gasteiger charge is -2.33. The van der Waals surface area contributed by atoms with Crippen molar-refractivity contribution in [2.75, 3.05) is 11.9 Å². The fourth-order valence-electron chi connectivity index (χ4n) is 3.14. The number of aryl methyl sites for hydroxylation is 2. The van der Waals surface area contributed by atoms with Gasteiger partial charge in [-0.25, -0.2) is 4.98 Å². The number of aromatic nitrogens is 1. The summed E-state index contributed by atoms with van der Waals surface area (Å²) in [4.78, 5) is 6.17. The Kier molecular flexibility index (Phi) is 3.80. The standard InChI is InChI=1S/C21H22N2OS/c1-13-7-5-6-8-16(13)20-23-19(14(2)25-20)15-9-10-18-17(11-15)22-12-21(3,4)24-18/h5-11,22H,12H2,1-4H3. The molecule has 0 amide bonds. The molecule has 1 aliphatic heterocycles. The van der Waals surface area contributed by atoms with Gasteiger partial charge in [-0.2, -0.15) is 0 Å². The second kappa shape index (κ2) is 5.88. The third kappa shape index (κ3) is 3.02. The molecule has 1 aromatic heterocycles. The smallest absolute Gasteiger partial charge is 0.143 e. The average molecular weight is 350 g/mol. The van der Waals surface area contributed by atoms with Gasteiger partial charge in [0, 0.05) is 16.0 Å². The molecule has 1 N–H and O–H groups in total. The second-order valence-corrected chi connectivity index (χ2v) is 8.37. The minimum absolute atomic E-state index is 0.178. The number of nitrogens with zero attached hydrogens (tertiary/aromatic N) is 1. The van der Waals surface area contributed by atoms with Crippen LogP contribution in [0.2, 0.25) is 0 Å². The average Bonchev–Trinajstić information content (AvgIpc) is 2.96. The summed E-state index contributed by atoms with van der Waals surface area (Å²) in [6.45, 7) is 9.26. The van der Waals surface area contributed by atoms with Crippen molar-refractivity contribution in [3.8, 4) is 27.6 Å². The van der Waals surface area contributed by atoms with Crippen molar-refractivity contribution >= 4 is 17.0 Å². The first-order valence-corrected chi connectivity index (χ1v) is 9.35. The number of hydrogen-bond donors (Lipinski definition) is 1. The Labute approximate surface area is 152 Å². The van der Waals surface area contributed by atoms with Crippen LogP contribution in [0, 0.1) is 13.8 Å². The van der Waals surface area contributed by atoms with E-state index in [1.54, 1.807) is 11.3 Å². The van der Waals surface area contributed by atoms with Gasteiger partial charge in [-0.1, -0.05) is 24.3 Å². The number of thiazole rings is 1. The predicted molar refractivity (Wildman–Crippen MR) is 106 cm³/mol. The maximum atomic E-state index is 6.05. The van der Waals surface area contributed by atoms with E-state index >= 15 is 0 Å². The maximum Gasteiger partial charge on any atom is 0.143 e. The fraction of sp³-hybridized carbons (Fsp3) is 0.286. The summed E-state index contributed by atoms with van der Waals surface area (Å²) in [7, 11) is 0. The Balaban J connectivity index is 1.73. The molecule has 3 nitrogen and oxygen atoms in total. The highest BCUT2D eigenvalue weighted by Gasteiger charge is 2.26. The molecule has 1 aliphatic rings. The largest absolute Gasteiger partial charge is 0.484 e. The minimum atomic E-state index is -0.178. The molecule has 0 bridgehead atoms. The van der Waals surface area contributed by atoms with E-state index in [0.29, 0.717) is 0 Å². The van der Waals surface area contributed by atoms with Crippen LogP contribution < -0.4 is 10.1 Å². The van der Waals surface area contributed by atoms with E-state index in [2.05, 4.69) is 69.4 Å². The second-order valence-electron chi connectivity index (χ2n) is 7.16. The van der Waals surface area contributed by atoms with Crippen LogP contribution in [-0.4, -0.2) is 17.1 Å². The zero-order valence-corrected chi connectivity index (χ0v) is 15.8. The Morgan fingerprint density at radius 1 is 1.12 bits per heavy atom. The summed E-state index contributed by atoms with van der Waals surface area (Å²) in [6.07, 6.45) is 0. The molecule has 2 aromatic carbocycles. The van der Waals surface area contributed by atoms with Crippen LogP contribution in [0.15, 0.2) is 42.5 Å². The lowest BCUT2D eigenvalue weighted by molar-refractivity contribution is 0.116. The molecule has 0 fully saturated rings. The third-order valence-corrected chi connectivity index (χ3v) is 5.52. The molecule has 0 radical (unpaired) electrons. The number of anilines is 1. The summed E-state index contributed by atoms with van der Waals surface area (Å²) in [5.41, 5.74) is 5.51. The van der Waals surface area contributed by atoms with Crippen LogP contribution in [0.5, 0.6) is 5.75 Å². The predicted octanol–water partition coefficient (Wildman–Crippen LogP) is 5.68. The molecule has 0 atom stereocenters. The summed E-state index contributed by atoms with van der Waals surface area (Å²) >= 11 is 1.75. The summed E-state index contributed by atoms with van der Waals surface area (Å²) in [5.74, 6) is 0.909. The summed E-state index contributed by atoms with van der Waals surface area (Å²) in [6, 6.07) is 14.7. The first kappa shape index (κ1) is 16.2. The molecule has 0 spiro atoms. The molecule has 128 valence electrons. The van der Waals surface area contributed by atoms with Gasteiger partial charge in [-0.05, 0) is 51.5 Å². The van der Waals surface area contributed by atoms with Crippen LogP contribution >= 0.6 is 11.3 Å². The Morgan fingerprint density at radius 3 is 2.72 bits per heavy atom. The molecule has 2 heterocycles. The van der Waals surface area contributed by atoms with E-state index in [0.717, 1.165) is 34.2 Å². The number of benzene rings is 2. The van der Waals surface area contributed by atoms with Crippen molar-refractivity contribution < 1.29 is 4.74 Å². The quantitative estimate of drug-likeness (QED) is 0.646. The Morgan fingerprint density at radius 2 is 1.92 bits per heavy atom. The number of nitrogens with one attached hydrogen (secondary N) is 1. The monoisotopic (exact) mass is 350 g/mol. The van der Waals surface area contributed by atoms with E-state index in [1.165, 1.54) is 16.0 Å². The van der Waals surface area contributed by atoms with E-state index in [1.807, 2.05) is 6.07 Å². The van der Waals surface area contributed by atoms with Gasteiger partial charge in [0.15, 0.2) is 0 Å². The number of rotatable bonds is 2. The molecule has 0 saturated carbocycles. The van der Waals surface area contributed by atoms with Gasteiger partial charge in [0.05, 0.1) is 17.9 Å². The van der Waals surface area contributed by atoms with Crippen molar-refractivity contribution in [3.05, 3.63) is 52.9 Å².